The third-order valence-corrected chi connectivity index (χ3v) is 2.71. The van der Waals surface area contributed by atoms with Gasteiger partial charge >= 0.3 is 5.97 Å². The van der Waals surface area contributed by atoms with E-state index in [0.717, 1.165) is 16.3 Å². The first-order valence-electron chi connectivity index (χ1n) is 5.59. The molecule has 0 heterocycles. The molecule has 2 N–H and O–H groups in total. The van der Waals surface area contributed by atoms with Gasteiger partial charge in [-0.1, -0.05) is 23.8 Å². The summed E-state index contributed by atoms with van der Waals surface area (Å²) in [6.07, 6.45) is 0. The summed E-state index contributed by atoms with van der Waals surface area (Å²) in [7, 11) is 0. The maximum atomic E-state index is 11.7. The SMILES string of the molecule is CCOC(=O)c1ccc2ccc(C)cc2c1N. The van der Waals surface area contributed by atoms with Crippen LogP contribution in [0.4, 0.5) is 5.69 Å². The minimum absolute atomic E-state index is 0.351. The largest absolute Gasteiger partial charge is 0.462 e. The number of rotatable bonds is 2. The van der Waals surface area contributed by atoms with Crippen LogP contribution in [0, 0.1) is 6.92 Å². The average molecular weight is 229 g/mol. The molecule has 0 saturated carbocycles. The quantitative estimate of drug-likeness (QED) is 0.636. The van der Waals surface area contributed by atoms with E-state index in [2.05, 4.69) is 0 Å². The Labute approximate surface area is 100 Å². The van der Waals surface area contributed by atoms with Gasteiger partial charge in [0.1, 0.15) is 0 Å². The van der Waals surface area contributed by atoms with Crippen molar-refractivity contribution >= 4 is 22.4 Å². The number of esters is 1. The molecule has 0 atom stereocenters. The van der Waals surface area contributed by atoms with Crippen molar-refractivity contribution < 1.29 is 9.53 Å². The minimum atomic E-state index is -0.367. The molecule has 0 aliphatic rings. The Balaban J connectivity index is 2.60. The number of ether oxygens (including phenoxy) is 1. The van der Waals surface area contributed by atoms with Crippen LogP contribution >= 0.6 is 0 Å². The number of carbonyl (C=O) groups is 1. The van der Waals surface area contributed by atoms with Crippen LogP contribution in [-0.2, 0) is 4.74 Å². The lowest BCUT2D eigenvalue weighted by Gasteiger charge is -2.09. The zero-order chi connectivity index (χ0) is 12.4. The summed E-state index contributed by atoms with van der Waals surface area (Å²) in [5, 5.41) is 1.93. The van der Waals surface area contributed by atoms with Crippen LogP contribution in [0.1, 0.15) is 22.8 Å². The summed E-state index contributed by atoms with van der Waals surface area (Å²) < 4.78 is 4.97. The first-order chi connectivity index (χ1) is 8.13. The molecule has 3 heteroatoms. The lowest BCUT2D eigenvalue weighted by molar-refractivity contribution is 0.0528. The van der Waals surface area contributed by atoms with Gasteiger partial charge in [-0.05, 0) is 31.4 Å². The molecule has 0 unspecified atom stereocenters. The first-order valence-corrected chi connectivity index (χ1v) is 5.59. The molecule has 0 aliphatic carbocycles. The van der Waals surface area contributed by atoms with Crippen molar-refractivity contribution in [3.05, 3.63) is 41.5 Å². The maximum absolute atomic E-state index is 11.7. The first kappa shape index (κ1) is 11.5. The van der Waals surface area contributed by atoms with Crippen molar-refractivity contribution in [3.63, 3.8) is 0 Å². The number of hydrogen-bond acceptors (Lipinski definition) is 3. The summed E-state index contributed by atoms with van der Waals surface area (Å²) in [6, 6.07) is 9.59. The third kappa shape index (κ3) is 2.09. The Bertz CT molecular complexity index is 576. The smallest absolute Gasteiger partial charge is 0.340 e. The lowest BCUT2D eigenvalue weighted by atomic mass is 10.0. The topological polar surface area (TPSA) is 52.3 Å². The highest BCUT2D eigenvalue weighted by Crippen LogP contribution is 2.26. The maximum Gasteiger partial charge on any atom is 0.340 e. The number of carbonyl (C=O) groups excluding carboxylic acids is 1. The number of nitrogens with two attached hydrogens (primary N) is 1. The highest BCUT2D eigenvalue weighted by atomic mass is 16.5. The van der Waals surface area contributed by atoms with Crippen molar-refractivity contribution in [1.82, 2.24) is 0 Å². The van der Waals surface area contributed by atoms with Crippen molar-refractivity contribution in [1.29, 1.82) is 0 Å². The van der Waals surface area contributed by atoms with Gasteiger partial charge < -0.3 is 10.5 Å². The van der Waals surface area contributed by atoms with E-state index >= 15 is 0 Å². The van der Waals surface area contributed by atoms with Gasteiger partial charge in [-0.3, -0.25) is 0 Å². The molecule has 0 aromatic heterocycles. The Morgan fingerprint density at radius 3 is 2.71 bits per heavy atom. The predicted molar refractivity (Wildman–Crippen MR) is 69.1 cm³/mol. The van der Waals surface area contributed by atoms with E-state index < -0.39 is 0 Å². The molecule has 2 aromatic rings. The van der Waals surface area contributed by atoms with Crippen LogP contribution < -0.4 is 5.73 Å². The normalized spacial score (nSPS) is 10.5. The summed E-state index contributed by atoms with van der Waals surface area (Å²) in [5.41, 5.74) is 8.06. The van der Waals surface area contributed by atoms with Crippen molar-refractivity contribution in [2.75, 3.05) is 12.3 Å². The molecule has 2 aromatic carbocycles. The van der Waals surface area contributed by atoms with E-state index in [1.807, 2.05) is 31.2 Å². The standard InChI is InChI=1S/C14H15NO2/c1-3-17-14(16)11-7-6-10-5-4-9(2)8-12(10)13(11)15/h4-8H,3,15H2,1-2H3. The van der Waals surface area contributed by atoms with Crippen LogP contribution in [0.2, 0.25) is 0 Å². The Kier molecular flexibility index (Phi) is 3.00. The zero-order valence-electron chi connectivity index (χ0n) is 9.99. The second kappa shape index (κ2) is 4.45. The molecular weight excluding hydrogens is 214 g/mol. The fourth-order valence-electron chi connectivity index (χ4n) is 1.84. The highest BCUT2D eigenvalue weighted by Gasteiger charge is 2.12. The molecule has 0 spiro atoms. The molecule has 0 fully saturated rings. The highest BCUT2D eigenvalue weighted by molar-refractivity contribution is 6.05. The number of fused-ring (bicyclic) bond motifs is 1. The number of benzene rings is 2. The molecular formula is C14H15NO2. The van der Waals surface area contributed by atoms with E-state index in [-0.39, 0.29) is 5.97 Å². The van der Waals surface area contributed by atoms with E-state index in [4.69, 9.17) is 10.5 Å². The lowest BCUT2D eigenvalue weighted by Crippen LogP contribution is -2.08. The third-order valence-electron chi connectivity index (χ3n) is 2.71. The summed E-state index contributed by atoms with van der Waals surface area (Å²) >= 11 is 0. The summed E-state index contributed by atoms with van der Waals surface area (Å²) in [5.74, 6) is -0.367. The van der Waals surface area contributed by atoms with Gasteiger partial charge in [0.2, 0.25) is 0 Å². The molecule has 17 heavy (non-hydrogen) atoms. The molecule has 3 nitrogen and oxygen atoms in total. The van der Waals surface area contributed by atoms with Crippen LogP contribution in [0.25, 0.3) is 10.8 Å². The van der Waals surface area contributed by atoms with Gasteiger partial charge in [0, 0.05) is 5.39 Å². The van der Waals surface area contributed by atoms with Gasteiger partial charge in [0.05, 0.1) is 17.9 Å². The zero-order valence-corrected chi connectivity index (χ0v) is 9.99. The van der Waals surface area contributed by atoms with Crippen LogP contribution in [-0.4, -0.2) is 12.6 Å². The number of hydrogen-bond donors (Lipinski definition) is 1. The van der Waals surface area contributed by atoms with Crippen molar-refractivity contribution in [3.8, 4) is 0 Å². The van der Waals surface area contributed by atoms with E-state index in [0.29, 0.717) is 17.9 Å². The fourth-order valence-corrected chi connectivity index (χ4v) is 1.84. The van der Waals surface area contributed by atoms with Crippen LogP contribution in [0.15, 0.2) is 30.3 Å². The Morgan fingerprint density at radius 2 is 2.00 bits per heavy atom. The Morgan fingerprint density at radius 1 is 1.29 bits per heavy atom. The van der Waals surface area contributed by atoms with Gasteiger partial charge in [0.25, 0.3) is 0 Å². The predicted octanol–water partition coefficient (Wildman–Crippen LogP) is 2.91. The second-order valence-corrected chi connectivity index (χ2v) is 3.97. The number of anilines is 1. The molecule has 0 radical (unpaired) electrons. The number of aryl methyl sites for hydroxylation is 1. The van der Waals surface area contributed by atoms with E-state index in [1.165, 1.54) is 0 Å². The van der Waals surface area contributed by atoms with E-state index in [1.54, 1.807) is 13.0 Å². The van der Waals surface area contributed by atoms with Crippen molar-refractivity contribution in [2.24, 2.45) is 0 Å². The monoisotopic (exact) mass is 229 g/mol. The van der Waals surface area contributed by atoms with Gasteiger partial charge in [-0.2, -0.15) is 0 Å². The molecule has 2 rings (SSSR count). The molecule has 0 saturated heterocycles. The average Bonchev–Trinajstić information content (AvgIpc) is 2.30. The summed E-state index contributed by atoms with van der Waals surface area (Å²) in [6.45, 7) is 4.12. The molecule has 0 amide bonds. The Hall–Kier alpha value is -2.03. The van der Waals surface area contributed by atoms with E-state index in [9.17, 15) is 4.79 Å². The van der Waals surface area contributed by atoms with Crippen molar-refractivity contribution in [2.45, 2.75) is 13.8 Å². The number of nitrogen functional groups attached to an aromatic ring is 1. The van der Waals surface area contributed by atoms with Gasteiger partial charge in [-0.15, -0.1) is 0 Å². The molecule has 88 valence electrons. The molecule has 0 aliphatic heterocycles. The van der Waals surface area contributed by atoms with Gasteiger partial charge in [-0.25, -0.2) is 4.79 Å². The fraction of sp³-hybridized carbons (Fsp3) is 0.214. The van der Waals surface area contributed by atoms with Crippen LogP contribution in [0.3, 0.4) is 0 Å². The molecule has 0 bridgehead atoms. The summed E-state index contributed by atoms with van der Waals surface area (Å²) in [4.78, 5) is 11.7. The van der Waals surface area contributed by atoms with Crippen LogP contribution in [0.5, 0.6) is 0 Å². The second-order valence-electron chi connectivity index (χ2n) is 3.97. The van der Waals surface area contributed by atoms with Gasteiger partial charge in [0.15, 0.2) is 0 Å². The minimum Gasteiger partial charge on any atom is -0.462 e.